The molecule has 1 aromatic heterocycles. The van der Waals surface area contributed by atoms with Crippen molar-refractivity contribution in [2.45, 2.75) is 19.3 Å². The van der Waals surface area contributed by atoms with Crippen LogP contribution in [0.15, 0.2) is 46.3 Å². The first kappa shape index (κ1) is 14.8. The van der Waals surface area contributed by atoms with E-state index in [1.54, 1.807) is 0 Å². The standard InChI is InChI=1S/C17H18BrNOS/c18-15-11-16(21-12-15)17(20)19-8-6-14(7-9-19)10-13-4-2-1-3-5-13/h1-5,11-12,14H,6-10H2. The Hall–Kier alpha value is -1.13. The molecule has 2 heterocycles. The van der Waals surface area contributed by atoms with E-state index in [0.29, 0.717) is 5.92 Å². The highest BCUT2D eigenvalue weighted by Gasteiger charge is 2.24. The Bertz CT molecular complexity index is 602. The fraction of sp³-hybridized carbons (Fsp3) is 0.353. The van der Waals surface area contributed by atoms with Gasteiger partial charge >= 0.3 is 0 Å². The minimum atomic E-state index is 0.184. The number of benzene rings is 1. The molecule has 2 nitrogen and oxygen atoms in total. The summed E-state index contributed by atoms with van der Waals surface area (Å²) in [5, 5.41) is 1.97. The van der Waals surface area contributed by atoms with Crippen molar-refractivity contribution in [3.8, 4) is 0 Å². The SMILES string of the molecule is O=C(c1cc(Br)cs1)N1CCC(Cc2ccccc2)CC1. The van der Waals surface area contributed by atoms with Gasteiger partial charge in [-0.2, -0.15) is 0 Å². The molecule has 1 fully saturated rings. The summed E-state index contributed by atoms with van der Waals surface area (Å²) in [6.45, 7) is 1.76. The van der Waals surface area contributed by atoms with Gasteiger partial charge in [-0.05, 0) is 52.7 Å². The molecule has 1 aliphatic heterocycles. The topological polar surface area (TPSA) is 20.3 Å². The summed E-state index contributed by atoms with van der Waals surface area (Å²) in [4.78, 5) is 15.2. The quantitative estimate of drug-likeness (QED) is 0.779. The van der Waals surface area contributed by atoms with E-state index < -0.39 is 0 Å². The van der Waals surface area contributed by atoms with Crippen molar-refractivity contribution in [2.24, 2.45) is 5.92 Å². The molecule has 0 N–H and O–H groups in total. The largest absolute Gasteiger partial charge is 0.338 e. The Morgan fingerprint density at radius 1 is 1.24 bits per heavy atom. The van der Waals surface area contributed by atoms with Crippen molar-refractivity contribution < 1.29 is 4.79 Å². The highest BCUT2D eigenvalue weighted by Crippen LogP contribution is 2.25. The summed E-state index contributed by atoms with van der Waals surface area (Å²) in [5.74, 6) is 0.885. The molecule has 0 saturated carbocycles. The molecule has 1 amide bonds. The molecular weight excluding hydrogens is 346 g/mol. The summed E-state index contributed by atoms with van der Waals surface area (Å²) in [6.07, 6.45) is 3.34. The van der Waals surface area contributed by atoms with Crippen LogP contribution in [0.5, 0.6) is 0 Å². The van der Waals surface area contributed by atoms with E-state index in [1.807, 2.05) is 16.3 Å². The molecule has 4 heteroatoms. The van der Waals surface area contributed by atoms with Gasteiger partial charge in [0.2, 0.25) is 0 Å². The lowest BCUT2D eigenvalue weighted by molar-refractivity contribution is 0.0695. The van der Waals surface area contributed by atoms with Crippen LogP contribution in [0, 0.1) is 5.92 Å². The van der Waals surface area contributed by atoms with E-state index in [4.69, 9.17) is 0 Å². The first-order valence-electron chi connectivity index (χ1n) is 7.29. The van der Waals surface area contributed by atoms with E-state index in [2.05, 4.69) is 46.3 Å². The number of carbonyl (C=O) groups excluding carboxylic acids is 1. The van der Waals surface area contributed by atoms with Crippen LogP contribution >= 0.6 is 27.3 Å². The summed E-state index contributed by atoms with van der Waals surface area (Å²) >= 11 is 4.93. The van der Waals surface area contributed by atoms with E-state index in [1.165, 1.54) is 16.9 Å². The molecule has 1 aliphatic rings. The van der Waals surface area contributed by atoms with Crippen LogP contribution in [0.3, 0.4) is 0 Å². The maximum absolute atomic E-state index is 12.4. The van der Waals surface area contributed by atoms with Crippen molar-refractivity contribution in [1.82, 2.24) is 4.90 Å². The molecule has 0 spiro atoms. The van der Waals surface area contributed by atoms with Crippen LogP contribution < -0.4 is 0 Å². The Morgan fingerprint density at radius 3 is 2.57 bits per heavy atom. The maximum atomic E-state index is 12.4. The molecule has 21 heavy (non-hydrogen) atoms. The van der Waals surface area contributed by atoms with Gasteiger partial charge in [-0.25, -0.2) is 0 Å². The lowest BCUT2D eigenvalue weighted by Gasteiger charge is -2.31. The van der Waals surface area contributed by atoms with Crippen LogP contribution in [0.4, 0.5) is 0 Å². The van der Waals surface area contributed by atoms with Crippen LogP contribution in [-0.4, -0.2) is 23.9 Å². The van der Waals surface area contributed by atoms with Gasteiger partial charge in [0.05, 0.1) is 4.88 Å². The van der Waals surface area contributed by atoms with E-state index in [0.717, 1.165) is 41.7 Å². The number of hydrogen-bond acceptors (Lipinski definition) is 2. The molecule has 2 aromatic rings. The molecular formula is C17H18BrNOS. The number of halogens is 1. The summed E-state index contributed by atoms with van der Waals surface area (Å²) in [6, 6.07) is 12.6. The summed E-state index contributed by atoms with van der Waals surface area (Å²) in [7, 11) is 0. The smallest absolute Gasteiger partial charge is 0.263 e. The van der Waals surface area contributed by atoms with Crippen LogP contribution in [0.2, 0.25) is 0 Å². The van der Waals surface area contributed by atoms with Crippen molar-refractivity contribution in [3.05, 3.63) is 56.7 Å². The minimum absolute atomic E-state index is 0.184. The second-order valence-corrected chi connectivity index (χ2v) is 7.38. The van der Waals surface area contributed by atoms with E-state index in [9.17, 15) is 4.79 Å². The third-order valence-electron chi connectivity index (χ3n) is 4.05. The highest BCUT2D eigenvalue weighted by molar-refractivity contribution is 9.10. The van der Waals surface area contributed by atoms with Gasteiger partial charge in [0, 0.05) is 22.9 Å². The van der Waals surface area contributed by atoms with E-state index in [-0.39, 0.29) is 5.91 Å². The second-order valence-electron chi connectivity index (χ2n) is 5.55. The number of likely N-dealkylation sites (tertiary alicyclic amines) is 1. The molecule has 1 aromatic carbocycles. The Morgan fingerprint density at radius 2 is 1.95 bits per heavy atom. The first-order chi connectivity index (χ1) is 10.2. The lowest BCUT2D eigenvalue weighted by atomic mass is 9.90. The van der Waals surface area contributed by atoms with Crippen molar-refractivity contribution >= 4 is 33.2 Å². The molecule has 0 atom stereocenters. The summed E-state index contributed by atoms with van der Waals surface area (Å²) < 4.78 is 0.995. The zero-order valence-electron chi connectivity index (χ0n) is 11.8. The van der Waals surface area contributed by atoms with Gasteiger partial charge in [-0.15, -0.1) is 11.3 Å². The Labute approximate surface area is 137 Å². The molecule has 0 bridgehead atoms. The van der Waals surface area contributed by atoms with Crippen molar-refractivity contribution in [3.63, 3.8) is 0 Å². The normalized spacial score (nSPS) is 16.1. The fourth-order valence-electron chi connectivity index (χ4n) is 2.87. The Balaban J connectivity index is 1.54. The first-order valence-corrected chi connectivity index (χ1v) is 8.97. The number of thiophene rings is 1. The van der Waals surface area contributed by atoms with E-state index >= 15 is 0 Å². The van der Waals surface area contributed by atoms with Gasteiger partial charge < -0.3 is 4.90 Å². The van der Waals surface area contributed by atoms with Gasteiger partial charge in [0.25, 0.3) is 5.91 Å². The van der Waals surface area contributed by atoms with Crippen LogP contribution in [-0.2, 0) is 6.42 Å². The Kier molecular flexibility index (Phi) is 4.76. The molecule has 3 rings (SSSR count). The summed E-state index contributed by atoms with van der Waals surface area (Å²) in [5.41, 5.74) is 1.41. The van der Waals surface area contributed by atoms with Crippen LogP contribution in [0.25, 0.3) is 0 Å². The molecule has 1 saturated heterocycles. The molecule has 0 unspecified atom stereocenters. The molecule has 110 valence electrons. The van der Waals surface area contributed by atoms with Gasteiger partial charge in [-0.1, -0.05) is 30.3 Å². The minimum Gasteiger partial charge on any atom is -0.338 e. The monoisotopic (exact) mass is 363 g/mol. The van der Waals surface area contributed by atoms with Crippen molar-refractivity contribution in [1.29, 1.82) is 0 Å². The van der Waals surface area contributed by atoms with Gasteiger partial charge in [-0.3, -0.25) is 4.79 Å². The number of carbonyl (C=O) groups is 1. The third kappa shape index (κ3) is 3.74. The average Bonchev–Trinajstić information content (AvgIpc) is 2.95. The number of piperidine rings is 1. The maximum Gasteiger partial charge on any atom is 0.263 e. The number of hydrogen-bond donors (Lipinski definition) is 0. The second kappa shape index (κ2) is 6.75. The van der Waals surface area contributed by atoms with Crippen LogP contribution in [0.1, 0.15) is 28.1 Å². The average molecular weight is 364 g/mol. The molecule has 0 aliphatic carbocycles. The zero-order chi connectivity index (χ0) is 14.7. The number of amides is 1. The number of rotatable bonds is 3. The highest BCUT2D eigenvalue weighted by atomic mass is 79.9. The fourth-order valence-corrected chi connectivity index (χ4v) is 4.26. The predicted molar refractivity (Wildman–Crippen MR) is 90.8 cm³/mol. The lowest BCUT2D eigenvalue weighted by Crippen LogP contribution is -2.38. The van der Waals surface area contributed by atoms with Crippen molar-refractivity contribution in [2.75, 3.05) is 13.1 Å². The predicted octanol–water partition coefficient (Wildman–Crippen LogP) is 4.61. The third-order valence-corrected chi connectivity index (χ3v) is 5.73. The number of nitrogens with zero attached hydrogens (tertiary/aromatic N) is 1. The molecule has 0 radical (unpaired) electrons. The van der Waals surface area contributed by atoms with Gasteiger partial charge in [0.15, 0.2) is 0 Å². The van der Waals surface area contributed by atoms with Gasteiger partial charge in [0.1, 0.15) is 0 Å². The zero-order valence-corrected chi connectivity index (χ0v) is 14.2.